The quantitative estimate of drug-likeness (QED) is 0.691. The second-order valence-corrected chi connectivity index (χ2v) is 3.95. The predicted octanol–water partition coefficient (Wildman–Crippen LogP) is 1.73. The van der Waals surface area contributed by atoms with Crippen molar-refractivity contribution >= 4 is 11.7 Å². The molecular weight excluding hydrogens is 234 g/mol. The second kappa shape index (κ2) is 7.68. The SMILES string of the molecule is COCCOCc1cccc(NC(C)C(=O)O)c1. The zero-order chi connectivity index (χ0) is 13.4. The van der Waals surface area contributed by atoms with Gasteiger partial charge in [-0.15, -0.1) is 0 Å². The summed E-state index contributed by atoms with van der Waals surface area (Å²) in [5.41, 5.74) is 1.77. The molecule has 1 unspecified atom stereocenters. The molecule has 0 radical (unpaired) electrons. The van der Waals surface area contributed by atoms with Gasteiger partial charge < -0.3 is 19.9 Å². The van der Waals surface area contributed by atoms with E-state index in [0.29, 0.717) is 19.8 Å². The van der Waals surface area contributed by atoms with E-state index in [4.69, 9.17) is 14.6 Å². The van der Waals surface area contributed by atoms with Crippen LogP contribution in [0.3, 0.4) is 0 Å². The predicted molar refractivity (Wildman–Crippen MR) is 68.7 cm³/mol. The lowest BCUT2D eigenvalue weighted by atomic mass is 10.2. The fraction of sp³-hybridized carbons (Fsp3) is 0.462. The van der Waals surface area contributed by atoms with Gasteiger partial charge in [-0.2, -0.15) is 0 Å². The second-order valence-electron chi connectivity index (χ2n) is 3.95. The van der Waals surface area contributed by atoms with E-state index in [1.54, 1.807) is 14.0 Å². The average molecular weight is 253 g/mol. The van der Waals surface area contributed by atoms with Crippen LogP contribution in [-0.4, -0.2) is 37.4 Å². The summed E-state index contributed by atoms with van der Waals surface area (Å²) in [5.74, 6) is -0.878. The minimum absolute atomic E-state index is 0.486. The zero-order valence-electron chi connectivity index (χ0n) is 10.7. The van der Waals surface area contributed by atoms with Crippen LogP contribution in [0.2, 0.25) is 0 Å². The summed E-state index contributed by atoms with van der Waals surface area (Å²) >= 11 is 0. The molecule has 0 aromatic heterocycles. The number of carboxylic acids is 1. The number of nitrogens with one attached hydrogen (secondary N) is 1. The molecule has 1 rings (SSSR count). The number of rotatable bonds is 8. The van der Waals surface area contributed by atoms with E-state index < -0.39 is 12.0 Å². The molecule has 0 heterocycles. The maximum atomic E-state index is 10.7. The lowest BCUT2D eigenvalue weighted by molar-refractivity contribution is -0.137. The van der Waals surface area contributed by atoms with E-state index in [1.807, 2.05) is 24.3 Å². The number of hydrogen-bond donors (Lipinski definition) is 2. The highest BCUT2D eigenvalue weighted by atomic mass is 16.5. The number of aliphatic carboxylic acids is 1. The highest BCUT2D eigenvalue weighted by Crippen LogP contribution is 2.12. The van der Waals surface area contributed by atoms with Gasteiger partial charge in [-0.05, 0) is 24.6 Å². The highest BCUT2D eigenvalue weighted by Gasteiger charge is 2.09. The van der Waals surface area contributed by atoms with Crippen molar-refractivity contribution in [2.45, 2.75) is 19.6 Å². The van der Waals surface area contributed by atoms with Crippen molar-refractivity contribution < 1.29 is 19.4 Å². The molecule has 0 aliphatic rings. The number of methoxy groups -OCH3 is 1. The summed E-state index contributed by atoms with van der Waals surface area (Å²) in [7, 11) is 1.63. The van der Waals surface area contributed by atoms with Gasteiger partial charge in [-0.1, -0.05) is 12.1 Å². The van der Waals surface area contributed by atoms with Crippen LogP contribution in [0.25, 0.3) is 0 Å². The summed E-state index contributed by atoms with van der Waals surface area (Å²) < 4.78 is 10.3. The van der Waals surface area contributed by atoms with Crippen molar-refractivity contribution in [2.75, 3.05) is 25.6 Å². The van der Waals surface area contributed by atoms with Gasteiger partial charge in [0, 0.05) is 12.8 Å². The Hall–Kier alpha value is -1.59. The molecule has 0 aliphatic carbocycles. The first-order valence-electron chi connectivity index (χ1n) is 5.78. The van der Waals surface area contributed by atoms with Gasteiger partial charge in [0.2, 0.25) is 0 Å². The first-order chi connectivity index (χ1) is 8.63. The topological polar surface area (TPSA) is 67.8 Å². The Morgan fingerprint density at radius 1 is 1.44 bits per heavy atom. The van der Waals surface area contributed by atoms with E-state index in [0.717, 1.165) is 11.3 Å². The number of benzene rings is 1. The number of hydrogen-bond acceptors (Lipinski definition) is 4. The molecule has 0 saturated heterocycles. The van der Waals surface area contributed by atoms with Gasteiger partial charge in [0.15, 0.2) is 0 Å². The molecule has 5 nitrogen and oxygen atoms in total. The summed E-state index contributed by atoms with van der Waals surface area (Å²) in [4.78, 5) is 10.7. The van der Waals surface area contributed by atoms with Crippen LogP contribution in [0, 0.1) is 0 Å². The first-order valence-corrected chi connectivity index (χ1v) is 5.78. The molecule has 1 aromatic carbocycles. The van der Waals surface area contributed by atoms with Gasteiger partial charge in [-0.25, -0.2) is 0 Å². The number of carbonyl (C=O) groups is 1. The lowest BCUT2D eigenvalue weighted by Gasteiger charge is -2.12. The Kier molecular flexibility index (Phi) is 6.18. The minimum atomic E-state index is -0.878. The summed E-state index contributed by atoms with van der Waals surface area (Å²) in [6.45, 7) is 3.19. The van der Waals surface area contributed by atoms with Crippen LogP contribution in [0.4, 0.5) is 5.69 Å². The van der Waals surface area contributed by atoms with Crippen LogP contribution < -0.4 is 5.32 Å². The molecule has 18 heavy (non-hydrogen) atoms. The summed E-state index contributed by atoms with van der Waals surface area (Å²) in [6, 6.07) is 6.90. The maximum absolute atomic E-state index is 10.7. The molecule has 0 spiro atoms. The smallest absolute Gasteiger partial charge is 0.325 e. The van der Waals surface area contributed by atoms with Crippen LogP contribution >= 0.6 is 0 Å². The average Bonchev–Trinajstić information content (AvgIpc) is 2.35. The van der Waals surface area contributed by atoms with Crippen LogP contribution in [-0.2, 0) is 20.9 Å². The summed E-state index contributed by atoms with van der Waals surface area (Å²) in [5, 5.41) is 11.7. The Morgan fingerprint density at radius 3 is 2.89 bits per heavy atom. The largest absolute Gasteiger partial charge is 0.480 e. The summed E-state index contributed by atoms with van der Waals surface area (Å²) in [6.07, 6.45) is 0. The van der Waals surface area contributed by atoms with Crippen molar-refractivity contribution in [3.8, 4) is 0 Å². The monoisotopic (exact) mass is 253 g/mol. The molecule has 0 aliphatic heterocycles. The van der Waals surface area contributed by atoms with Crippen molar-refractivity contribution in [2.24, 2.45) is 0 Å². The van der Waals surface area contributed by atoms with Crippen molar-refractivity contribution in [3.05, 3.63) is 29.8 Å². The van der Waals surface area contributed by atoms with Gasteiger partial charge in [-0.3, -0.25) is 4.79 Å². The number of anilines is 1. The fourth-order valence-electron chi connectivity index (χ4n) is 1.39. The molecule has 0 saturated carbocycles. The fourth-order valence-corrected chi connectivity index (χ4v) is 1.39. The molecular formula is C13H19NO4. The Labute approximate surface area is 107 Å². The van der Waals surface area contributed by atoms with Crippen molar-refractivity contribution in [3.63, 3.8) is 0 Å². The maximum Gasteiger partial charge on any atom is 0.325 e. The van der Waals surface area contributed by atoms with Gasteiger partial charge in [0.1, 0.15) is 6.04 Å². The van der Waals surface area contributed by atoms with E-state index in [1.165, 1.54) is 0 Å². The third-order valence-electron chi connectivity index (χ3n) is 2.38. The van der Waals surface area contributed by atoms with Crippen molar-refractivity contribution in [1.29, 1.82) is 0 Å². The van der Waals surface area contributed by atoms with E-state index in [9.17, 15) is 4.79 Å². The molecule has 5 heteroatoms. The number of carboxylic acid groups (broad SMARTS) is 1. The molecule has 1 atom stereocenters. The Bertz CT molecular complexity index is 381. The van der Waals surface area contributed by atoms with Gasteiger partial charge in [0.25, 0.3) is 0 Å². The van der Waals surface area contributed by atoms with Gasteiger partial charge >= 0.3 is 5.97 Å². The molecule has 100 valence electrons. The van der Waals surface area contributed by atoms with Crippen LogP contribution in [0.15, 0.2) is 24.3 Å². The van der Waals surface area contributed by atoms with Crippen molar-refractivity contribution in [1.82, 2.24) is 0 Å². The van der Waals surface area contributed by atoms with E-state index >= 15 is 0 Å². The third kappa shape index (κ3) is 5.16. The van der Waals surface area contributed by atoms with Gasteiger partial charge in [0.05, 0.1) is 19.8 Å². The van der Waals surface area contributed by atoms with Crippen LogP contribution in [0.1, 0.15) is 12.5 Å². The molecule has 0 bridgehead atoms. The number of ether oxygens (including phenoxy) is 2. The zero-order valence-corrected chi connectivity index (χ0v) is 10.7. The molecule has 0 fully saturated rings. The highest BCUT2D eigenvalue weighted by molar-refractivity contribution is 5.76. The molecule has 2 N–H and O–H groups in total. The van der Waals surface area contributed by atoms with E-state index in [2.05, 4.69) is 5.32 Å². The first kappa shape index (κ1) is 14.5. The molecule has 0 amide bonds. The van der Waals surface area contributed by atoms with E-state index in [-0.39, 0.29) is 0 Å². The molecule has 1 aromatic rings. The normalized spacial score (nSPS) is 12.1. The minimum Gasteiger partial charge on any atom is -0.480 e. The Morgan fingerprint density at radius 2 is 2.22 bits per heavy atom. The standard InChI is InChI=1S/C13H19NO4/c1-10(13(15)16)14-12-5-3-4-11(8-12)9-18-7-6-17-2/h3-5,8,10,14H,6-7,9H2,1-2H3,(H,15,16). The van der Waals surface area contributed by atoms with Crippen LogP contribution in [0.5, 0.6) is 0 Å². The lowest BCUT2D eigenvalue weighted by Crippen LogP contribution is -2.25. The third-order valence-corrected chi connectivity index (χ3v) is 2.38. The Balaban J connectivity index is 2.48.